The van der Waals surface area contributed by atoms with Crippen molar-refractivity contribution in [3.05, 3.63) is 48.2 Å². The Labute approximate surface area is 95.5 Å². The van der Waals surface area contributed by atoms with Crippen molar-refractivity contribution in [1.82, 2.24) is 0 Å². The summed E-state index contributed by atoms with van der Waals surface area (Å²) >= 11 is 3.45. The van der Waals surface area contributed by atoms with E-state index in [9.17, 15) is 0 Å². The number of thiophene rings is 2. The molecule has 0 aliphatic heterocycles. The molecule has 0 fully saturated rings. The molecule has 2 aromatic heterocycles. The molecule has 2 rings (SSSR count). The molecule has 2 aromatic rings. The fourth-order valence-electron chi connectivity index (χ4n) is 0.742. The molecular formula is C10H10S2W. The summed E-state index contributed by atoms with van der Waals surface area (Å²) in [6.45, 7) is 6.00. The van der Waals surface area contributed by atoms with Crippen LogP contribution in [0.15, 0.2) is 48.2 Å². The van der Waals surface area contributed by atoms with Gasteiger partial charge in [-0.05, 0) is 0 Å². The van der Waals surface area contributed by atoms with E-state index >= 15 is 0 Å². The van der Waals surface area contributed by atoms with Gasteiger partial charge in [-0.2, -0.15) is 0 Å². The van der Waals surface area contributed by atoms with Gasteiger partial charge < -0.3 is 0 Å². The van der Waals surface area contributed by atoms with Crippen LogP contribution in [0.25, 0.3) is 0 Å². The predicted molar refractivity (Wildman–Crippen MR) is 59.2 cm³/mol. The second kappa shape index (κ2) is 6.31. The number of hydrogen-bond acceptors (Lipinski definition) is 2. The summed E-state index contributed by atoms with van der Waals surface area (Å²) in [4.78, 5) is 0. The van der Waals surface area contributed by atoms with Crippen molar-refractivity contribution in [2.24, 2.45) is 0 Å². The number of hydrogen-bond donors (Lipinski definition) is 0. The van der Waals surface area contributed by atoms with E-state index in [1.54, 1.807) is 6.53 Å². The summed E-state index contributed by atoms with van der Waals surface area (Å²) in [6.07, 6.45) is 0. The van der Waals surface area contributed by atoms with Crippen LogP contribution in [0.1, 0.15) is 0 Å². The Morgan fingerprint density at radius 3 is 1.69 bits per heavy atom. The van der Waals surface area contributed by atoms with Gasteiger partial charge >= 0.3 is 82.8 Å². The van der Waals surface area contributed by atoms with Crippen molar-refractivity contribution < 1.29 is 18.6 Å². The third-order valence-electron chi connectivity index (χ3n) is 1.19. The third kappa shape index (κ3) is 3.59. The van der Waals surface area contributed by atoms with Gasteiger partial charge in [-0.1, -0.05) is 0 Å². The summed E-state index contributed by atoms with van der Waals surface area (Å²) in [7, 11) is 0. The Morgan fingerprint density at radius 1 is 0.923 bits per heavy atom. The minimum absolute atomic E-state index is 0.356. The van der Waals surface area contributed by atoms with Crippen LogP contribution in [0.3, 0.4) is 0 Å². The Balaban J connectivity index is 0.000000396. The summed E-state index contributed by atoms with van der Waals surface area (Å²) in [5.74, 6) is 0. The van der Waals surface area contributed by atoms with Gasteiger partial charge in [0.15, 0.2) is 0 Å². The predicted octanol–water partition coefficient (Wildman–Crippen LogP) is 2.65. The van der Waals surface area contributed by atoms with E-state index in [4.69, 9.17) is 0 Å². The summed E-state index contributed by atoms with van der Waals surface area (Å²) in [6, 6.07) is 8.81. The van der Waals surface area contributed by atoms with Gasteiger partial charge in [0.1, 0.15) is 0 Å². The first-order valence-corrected chi connectivity index (χ1v) is 8.39. The van der Waals surface area contributed by atoms with Crippen LogP contribution in [0.4, 0.5) is 0 Å². The maximum atomic E-state index is 3.00. The van der Waals surface area contributed by atoms with E-state index in [0.717, 1.165) is 0 Å². The Kier molecular flexibility index (Phi) is 5.29. The van der Waals surface area contributed by atoms with E-state index in [1.807, 2.05) is 22.7 Å². The van der Waals surface area contributed by atoms with E-state index in [-0.39, 0.29) is 18.6 Å². The van der Waals surface area contributed by atoms with Crippen molar-refractivity contribution in [2.75, 3.05) is 0 Å². The standard InChI is InChI=1S/2C4H3S.C2H4.W/c2*1-2-4-5-3-1;1-2;/h2*1-3H;1-2H2;. The van der Waals surface area contributed by atoms with E-state index in [0.29, 0.717) is 0 Å². The first-order chi connectivity index (χ1) is 6.45. The molecule has 0 nitrogen and oxygen atoms in total. The first kappa shape index (κ1) is 10.9. The molecule has 0 saturated heterocycles. The monoisotopic (exact) mass is 378 g/mol. The molecule has 0 atom stereocenters. The molecule has 0 aliphatic carbocycles. The summed E-state index contributed by atoms with van der Waals surface area (Å²) in [5, 5.41) is 4.34. The van der Waals surface area contributed by atoms with Crippen LogP contribution in [0.2, 0.25) is 0 Å². The van der Waals surface area contributed by atoms with Crippen molar-refractivity contribution in [3.8, 4) is 0 Å². The zero-order chi connectivity index (χ0) is 9.52. The van der Waals surface area contributed by atoms with Gasteiger partial charge in [-0.15, -0.1) is 13.2 Å². The van der Waals surface area contributed by atoms with Crippen LogP contribution in [-0.4, -0.2) is 0 Å². The molecule has 0 bridgehead atoms. The average molecular weight is 378 g/mol. The van der Waals surface area contributed by atoms with Crippen molar-refractivity contribution in [3.63, 3.8) is 0 Å². The van der Waals surface area contributed by atoms with Crippen molar-refractivity contribution >= 4 is 29.2 Å². The van der Waals surface area contributed by atoms with Crippen LogP contribution in [0.5, 0.6) is 0 Å². The minimum atomic E-state index is -0.356. The molecule has 0 radical (unpaired) electrons. The Bertz CT molecular complexity index is 278. The zero-order valence-electron chi connectivity index (χ0n) is 7.10. The second-order valence-electron chi connectivity index (χ2n) is 1.97. The third-order valence-corrected chi connectivity index (χ3v) is 8.38. The fourth-order valence-corrected chi connectivity index (χ4v) is 7.64. The first-order valence-electron chi connectivity index (χ1n) is 3.70. The Morgan fingerprint density at radius 2 is 1.38 bits per heavy atom. The molecule has 13 heavy (non-hydrogen) atoms. The molecule has 2 heterocycles. The van der Waals surface area contributed by atoms with Gasteiger partial charge in [0.05, 0.1) is 0 Å². The van der Waals surface area contributed by atoms with Crippen LogP contribution < -0.4 is 6.53 Å². The van der Waals surface area contributed by atoms with Crippen molar-refractivity contribution in [1.29, 1.82) is 0 Å². The van der Waals surface area contributed by atoms with Crippen LogP contribution in [0, 0.1) is 0 Å². The van der Waals surface area contributed by atoms with E-state index < -0.39 is 0 Å². The van der Waals surface area contributed by atoms with Gasteiger partial charge in [0, 0.05) is 0 Å². The van der Waals surface area contributed by atoms with Gasteiger partial charge in [-0.25, -0.2) is 0 Å². The second-order valence-corrected chi connectivity index (χ2v) is 9.81. The van der Waals surface area contributed by atoms with Gasteiger partial charge in [-0.3, -0.25) is 0 Å². The molecule has 0 unspecified atom stereocenters. The van der Waals surface area contributed by atoms with Crippen LogP contribution >= 0.6 is 22.7 Å². The van der Waals surface area contributed by atoms with Crippen LogP contribution in [-0.2, 0) is 18.6 Å². The molecule has 0 N–H and O–H groups in total. The van der Waals surface area contributed by atoms with Gasteiger partial charge in [0.2, 0.25) is 0 Å². The van der Waals surface area contributed by atoms with E-state index in [2.05, 4.69) is 48.2 Å². The molecule has 0 saturated carbocycles. The molecule has 0 spiro atoms. The fraction of sp³-hybridized carbons (Fsp3) is 0. The van der Waals surface area contributed by atoms with E-state index in [1.165, 1.54) is 0 Å². The molecule has 0 aromatic carbocycles. The molecular weight excluding hydrogens is 368 g/mol. The van der Waals surface area contributed by atoms with Gasteiger partial charge in [0.25, 0.3) is 0 Å². The number of rotatable bonds is 2. The molecule has 0 amide bonds. The summed E-state index contributed by atoms with van der Waals surface area (Å²) < 4.78 is 3.24. The molecule has 68 valence electrons. The maximum absolute atomic E-state index is 3.00. The Hall–Kier alpha value is -0.172. The molecule has 0 aliphatic rings. The molecule has 3 heteroatoms. The zero-order valence-corrected chi connectivity index (χ0v) is 11.7. The summed E-state index contributed by atoms with van der Waals surface area (Å²) in [5.41, 5.74) is 0. The normalized spacial score (nSPS) is 8.92. The quantitative estimate of drug-likeness (QED) is 0.705. The van der Waals surface area contributed by atoms with Crippen molar-refractivity contribution in [2.45, 2.75) is 0 Å². The SMILES string of the molecule is C=C.c1cs[c]([W][c]2cccs2)c1. The average Bonchev–Trinajstić information content (AvgIpc) is 2.81. The topological polar surface area (TPSA) is 0 Å².